The average molecular weight is 252 g/mol. The maximum atomic E-state index is 13.1. The van der Waals surface area contributed by atoms with Crippen LogP contribution >= 0.6 is 0 Å². The predicted molar refractivity (Wildman–Crippen MR) is 74.9 cm³/mol. The van der Waals surface area contributed by atoms with E-state index in [1.807, 2.05) is 6.07 Å². The first-order valence-corrected chi connectivity index (χ1v) is 6.61. The Kier molecular flexibility index (Phi) is 5.76. The van der Waals surface area contributed by atoms with Gasteiger partial charge in [-0.2, -0.15) is 0 Å². The molecule has 2 nitrogen and oxygen atoms in total. The monoisotopic (exact) mass is 252 g/mol. The second-order valence-electron chi connectivity index (χ2n) is 5.58. The van der Waals surface area contributed by atoms with Gasteiger partial charge in [0.2, 0.25) is 0 Å². The molecule has 0 radical (unpaired) electrons. The van der Waals surface area contributed by atoms with Crippen LogP contribution in [0.2, 0.25) is 0 Å². The van der Waals surface area contributed by atoms with E-state index < -0.39 is 0 Å². The highest BCUT2D eigenvalue weighted by molar-refractivity contribution is 5.20. The molecule has 3 heteroatoms. The molecule has 102 valence electrons. The number of halogens is 1. The summed E-state index contributed by atoms with van der Waals surface area (Å²) in [4.78, 5) is 2.25. The van der Waals surface area contributed by atoms with Crippen LogP contribution in [0.5, 0.6) is 0 Å². The quantitative estimate of drug-likeness (QED) is 0.842. The topological polar surface area (TPSA) is 29.3 Å². The standard InChI is InChI=1S/C15H25FN2/c1-11(2)8-12(3)18(4)10-15(17)13-6-5-7-14(16)9-13/h5-7,9,11-12,15H,8,10,17H2,1-4H3. The van der Waals surface area contributed by atoms with Crippen molar-refractivity contribution in [3.8, 4) is 0 Å². The molecular weight excluding hydrogens is 227 g/mol. The fourth-order valence-corrected chi connectivity index (χ4v) is 2.20. The number of hydrogen-bond acceptors (Lipinski definition) is 2. The van der Waals surface area contributed by atoms with Crippen LogP contribution in [0.1, 0.15) is 38.8 Å². The van der Waals surface area contributed by atoms with Crippen molar-refractivity contribution in [3.05, 3.63) is 35.6 Å². The second-order valence-corrected chi connectivity index (χ2v) is 5.58. The van der Waals surface area contributed by atoms with Crippen LogP contribution in [0.3, 0.4) is 0 Å². The van der Waals surface area contributed by atoms with Crippen molar-refractivity contribution in [1.29, 1.82) is 0 Å². The Labute approximate surface area is 110 Å². The Morgan fingerprint density at radius 1 is 1.28 bits per heavy atom. The summed E-state index contributed by atoms with van der Waals surface area (Å²) in [7, 11) is 2.08. The number of rotatable bonds is 6. The van der Waals surface area contributed by atoms with E-state index in [0.717, 1.165) is 18.5 Å². The Hall–Kier alpha value is -0.930. The molecule has 2 N–H and O–H groups in total. The number of hydrogen-bond donors (Lipinski definition) is 1. The van der Waals surface area contributed by atoms with E-state index >= 15 is 0 Å². The fourth-order valence-electron chi connectivity index (χ4n) is 2.20. The third-order valence-electron chi connectivity index (χ3n) is 3.33. The van der Waals surface area contributed by atoms with Gasteiger partial charge < -0.3 is 10.6 Å². The summed E-state index contributed by atoms with van der Waals surface area (Å²) in [5, 5.41) is 0. The summed E-state index contributed by atoms with van der Waals surface area (Å²) in [5.74, 6) is 0.452. The number of likely N-dealkylation sites (N-methyl/N-ethyl adjacent to an activating group) is 1. The van der Waals surface area contributed by atoms with Gasteiger partial charge in [-0.15, -0.1) is 0 Å². The molecule has 0 saturated carbocycles. The summed E-state index contributed by atoms with van der Waals surface area (Å²) in [5.41, 5.74) is 6.98. The molecule has 1 aromatic carbocycles. The first-order valence-electron chi connectivity index (χ1n) is 6.61. The van der Waals surface area contributed by atoms with Crippen molar-refractivity contribution in [2.45, 2.75) is 39.3 Å². The molecule has 1 rings (SSSR count). The van der Waals surface area contributed by atoms with E-state index in [9.17, 15) is 4.39 Å². The number of nitrogens with two attached hydrogens (primary N) is 1. The van der Waals surface area contributed by atoms with Crippen molar-refractivity contribution in [2.24, 2.45) is 11.7 Å². The molecule has 0 fully saturated rings. The van der Waals surface area contributed by atoms with Crippen LogP contribution in [0, 0.1) is 11.7 Å². The molecule has 0 spiro atoms. The highest BCUT2D eigenvalue weighted by Crippen LogP contribution is 2.16. The minimum Gasteiger partial charge on any atom is -0.323 e. The Morgan fingerprint density at radius 2 is 1.94 bits per heavy atom. The molecule has 0 heterocycles. The lowest BCUT2D eigenvalue weighted by Crippen LogP contribution is -2.36. The lowest BCUT2D eigenvalue weighted by molar-refractivity contribution is 0.216. The van der Waals surface area contributed by atoms with Crippen molar-refractivity contribution in [1.82, 2.24) is 4.90 Å². The van der Waals surface area contributed by atoms with Crippen LogP contribution in [0.25, 0.3) is 0 Å². The van der Waals surface area contributed by atoms with E-state index in [1.54, 1.807) is 6.07 Å². The van der Waals surface area contributed by atoms with E-state index in [4.69, 9.17) is 5.73 Å². The summed E-state index contributed by atoms with van der Waals surface area (Å²) in [6, 6.07) is 6.91. The van der Waals surface area contributed by atoms with Crippen LogP contribution in [0.15, 0.2) is 24.3 Å². The third-order valence-corrected chi connectivity index (χ3v) is 3.33. The van der Waals surface area contributed by atoms with Gasteiger partial charge in [-0.25, -0.2) is 4.39 Å². The average Bonchev–Trinajstić information content (AvgIpc) is 2.27. The van der Waals surface area contributed by atoms with E-state index in [0.29, 0.717) is 12.0 Å². The van der Waals surface area contributed by atoms with Gasteiger partial charge in [-0.3, -0.25) is 0 Å². The number of nitrogens with zero attached hydrogens (tertiary/aromatic N) is 1. The van der Waals surface area contributed by atoms with Crippen LogP contribution in [-0.4, -0.2) is 24.5 Å². The van der Waals surface area contributed by atoms with Crippen molar-refractivity contribution < 1.29 is 4.39 Å². The van der Waals surface area contributed by atoms with Crippen LogP contribution in [-0.2, 0) is 0 Å². The van der Waals surface area contributed by atoms with Crippen molar-refractivity contribution in [3.63, 3.8) is 0 Å². The minimum atomic E-state index is -0.221. The Bertz CT molecular complexity index is 365. The summed E-state index contributed by atoms with van der Waals surface area (Å²) >= 11 is 0. The van der Waals surface area contributed by atoms with Gasteiger partial charge in [0.1, 0.15) is 5.82 Å². The van der Waals surface area contributed by atoms with Crippen LogP contribution in [0.4, 0.5) is 4.39 Å². The maximum Gasteiger partial charge on any atom is 0.123 e. The van der Waals surface area contributed by atoms with E-state index in [2.05, 4.69) is 32.7 Å². The molecule has 0 amide bonds. The van der Waals surface area contributed by atoms with Gasteiger partial charge >= 0.3 is 0 Å². The molecule has 1 aromatic rings. The maximum absolute atomic E-state index is 13.1. The largest absolute Gasteiger partial charge is 0.323 e. The van der Waals surface area contributed by atoms with Gasteiger partial charge in [-0.05, 0) is 44.0 Å². The van der Waals surface area contributed by atoms with Gasteiger partial charge in [0.25, 0.3) is 0 Å². The highest BCUT2D eigenvalue weighted by Gasteiger charge is 2.15. The summed E-state index contributed by atoms with van der Waals surface area (Å²) < 4.78 is 13.1. The summed E-state index contributed by atoms with van der Waals surface area (Å²) in [6.07, 6.45) is 1.15. The molecule has 18 heavy (non-hydrogen) atoms. The van der Waals surface area contributed by atoms with Gasteiger partial charge in [0.15, 0.2) is 0 Å². The van der Waals surface area contributed by atoms with Gasteiger partial charge in [-0.1, -0.05) is 26.0 Å². The Morgan fingerprint density at radius 3 is 2.50 bits per heavy atom. The van der Waals surface area contributed by atoms with Crippen molar-refractivity contribution in [2.75, 3.05) is 13.6 Å². The molecule has 2 atom stereocenters. The second kappa shape index (κ2) is 6.86. The molecule has 0 aliphatic rings. The first kappa shape index (κ1) is 15.1. The molecule has 0 aliphatic carbocycles. The minimum absolute atomic E-state index is 0.139. The first-order chi connectivity index (χ1) is 8.40. The van der Waals surface area contributed by atoms with Crippen molar-refractivity contribution >= 4 is 0 Å². The molecule has 2 unspecified atom stereocenters. The zero-order valence-corrected chi connectivity index (χ0v) is 11.9. The predicted octanol–water partition coefficient (Wildman–Crippen LogP) is 3.19. The molecular formula is C15H25FN2. The molecule has 0 bridgehead atoms. The molecule has 0 aromatic heterocycles. The van der Waals surface area contributed by atoms with E-state index in [1.165, 1.54) is 12.1 Å². The SMILES string of the molecule is CC(C)CC(C)N(C)CC(N)c1cccc(F)c1. The fraction of sp³-hybridized carbons (Fsp3) is 0.600. The zero-order chi connectivity index (χ0) is 13.7. The highest BCUT2D eigenvalue weighted by atomic mass is 19.1. The Balaban J connectivity index is 2.56. The lowest BCUT2D eigenvalue weighted by atomic mass is 10.0. The third kappa shape index (κ3) is 4.75. The lowest BCUT2D eigenvalue weighted by Gasteiger charge is -2.28. The van der Waals surface area contributed by atoms with Gasteiger partial charge in [0.05, 0.1) is 0 Å². The van der Waals surface area contributed by atoms with Crippen LogP contribution < -0.4 is 5.73 Å². The smallest absolute Gasteiger partial charge is 0.123 e. The molecule has 0 saturated heterocycles. The normalized spacial score (nSPS) is 15.1. The number of benzene rings is 1. The summed E-state index contributed by atoms with van der Waals surface area (Å²) in [6.45, 7) is 7.39. The van der Waals surface area contributed by atoms with Gasteiger partial charge in [0, 0.05) is 18.6 Å². The molecule has 0 aliphatic heterocycles. The van der Waals surface area contributed by atoms with E-state index in [-0.39, 0.29) is 11.9 Å². The zero-order valence-electron chi connectivity index (χ0n) is 11.9.